The Balaban J connectivity index is 1.91. The molecule has 0 radical (unpaired) electrons. The van der Waals surface area contributed by atoms with Crippen LogP contribution in [-0.2, 0) is 26.4 Å². The van der Waals surface area contributed by atoms with E-state index in [-0.39, 0.29) is 16.4 Å². The van der Waals surface area contributed by atoms with Gasteiger partial charge in [-0.3, -0.25) is 0 Å². The zero-order chi connectivity index (χ0) is 30.7. The summed E-state index contributed by atoms with van der Waals surface area (Å²) in [5, 5.41) is 3.02. The molecule has 2 nitrogen and oxygen atoms in total. The van der Waals surface area contributed by atoms with Crippen LogP contribution in [0.2, 0.25) is 0 Å². The molecule has 0 saturated heterocycles. The van der Waals surface area contributed by atoms with Crippen molar-refractivity contribution in [1.29, 1.82) is 0 Å². The molecule has 0 aromatic heterocycles. The van der Waals surface area contributed by atoms with Crippen LogP contribution >= 0.6 is 0 Å². The molecule has 218 valence electrons. The van der Waals surface area contributed by atoms with Gasteiger partial charge >= 0.3 is 5.51 Å². The molecule has 42 heavy (non-hydrogen) atoms. The Hall–Kier alpha value is -3.64. The van der Waals surface area contributed by atoms with Crippen LogP contribution < -0.4 is 0 Å². The third kappa shape index (κ3) is 5.45. The first-order valence-corrected chi connectivity index (χ1v) is 15.6. The second kappa shape index (κ2) is 10.3. The van der Waals surface area contributed by atoms with E-state index in [0.29, 0.717) is 10.8 Å². The average molecular weight is 589 g/mol. The summed E-state index contributed by atoms with van der Waals surface area (Å²) in [5.74, 6) is -1.14. The first-order chi connectivity index (χ1) is 19.5. The van der Waals surface area contributed by atoms with Gasteiger partial charge in [-0.15, -0.1) is 0 Å². The van der Waals surface area contributed by atoms with Gasteiger partial charge in [0.25, 0.3) is 9.84 Å². The lowest BCUT2D eigenvalue weighted by Gasteiger charge is -2.23. The molecule has 0 fully saturated rings. The smallest absolute Gasteiger partial charge is 0.219 e. The minimum Gasteiger partial charge on any atom is -0.219 e. The number of rotatable bonds is 4. The zero-order valence-electron chi connectivity index (χ0n) is 24.7. The van der Waals surface area contributed by atoms with E-state index in [1.165, 1.54) is 6.07 Å². The van der Waals surface area contributed by atoms with Crippen LogP contribution in [0.5, 0.6) is 0 Å². The number of alkyl halides is 3. The molecule has 5 aromatic carbocycles. The van der Waals surface area contributed by atoms with Gasteiger partial charge in [-0.2, -0.15) is 13.2 Å². The highest BCUT2D eigenvalue weighted by Crippen LogP contribution is 2.46. The number of hydrogen-bond acceptors (Lipinski definition) is 2. The van der Waals surface area contributed by atoms with Gasteiger partial charge in [-0.05, 0) is 71.3 Å². The fraction of sp³-hybridized carbons (Fsp3) is 0.278. The van der Waals surface area contributed by atoms with E-state index in [1.54, 1.807) is 6.07 Å². The molecule has 0 heterocycles. The number of halogens is 3. The first kappa shape index (κ1) is 29.8. The molecule has 5 aromatic rings. The number of benzene rings is 5. The van der Waals surface area contributed by atoms with Gasteiger partial charge in [0.1, 0.15) is 0 Å². The van der Waals surface area contributed by atoms with E-state index in [1.807, 2.05) is 66.7 Å². The van der Waals surface area contributed by atoms with Gasteiger partial charge in [-0.25, -0.2) is 8.42 Å². The molecule has 0 aliphatic rings. The average Bonchev–Trinajstić information content (AvgIpc) is 2.90. The monoisotopic (exact) mass is 588 g/mol. The molecular formula is C36H35F3O2S. The third-order valence-electron chi connectivity index (χ3n) is 7.91. The van der Waals surface area contributed by atoms with Crippen molar-refractivity contribution >= 4 is 31.4 Å². The van der Waals surface area contributed by atoms with Crippen molar-refractivity contribution in [2.45, 2.75) is 63.6 Å². The summed E-state index contributed by atoms with van der Waals surface area (Å²) in [7, 11) is -5.42. The van der Waals surface area contributed by atoms with Gasteiger partial charge in [0.05, 0.1) is 5.75 Å². The second-order valence-corrected chi connectivity index (χ2v) is 15.0. The Labute approximate surface area is 246 Å². The highest BCUT2D eigenvalue weighted by molar-refractivity contribution is 7.91. The Kier molecular flexibility index (Phi) is 7.29. The molecule has 0 aliphatic carbocycles. The predicted octanol–water partition coefficient (Wildman–Crippen LogP) is 10.4. The van der Waals surface area contributed by atoms with Crippen LogP contribution in [0.15, 0.2) is 91.0 Å². The van der Waals surface area contributed by atoms with E-state index in [9.17, 15) is 21.6 Å². The maximum absolute atomic E-state index is 13.6. The summed E-state index contributed by atoms with van der Waals surface area (Å²) < 4.78 is 65.9. The highest BCUT2D eigenvalue weighted by atomic mass is 32.2. The van der Waals surface area contributed by atoms with Crippen LogP contribution in [-0.4, -0.2) is 13.9 Å². The van der Waals surface area contributed by atoms with Crippen molar-refractivity contribution in [2.75, 3.05) is 0 Å². The topological polar surface area (TPSA) is 34.1 Å². The lowest BCUT2D eigenvalue weighted by Crippen LogP contribution is -2.24. The Bertz CT molecular complexity index is 1890. The van der Waals surface area contributed by atoms with Crippen molar-refractivity contribution < 1.29 is 21.6 Å². The number of fused-ring (bicyclic) bond motifs is 2. The van der Waals surface area contributed by atoms with Gasteiger partial charge in [0.15, 0.2) is 0 Å². The highest BCUT2D eigenvalue weighted by Gasteiger charge is 2.45. The molecule has 0 N–H and O–H groups in total. The van der Waals surface area contributed by atoms with E-state index < -0.39 is 21.1 Å². The van der Waals surface area contributed by atoms with Crippen LogP contribution in [0.3, 0.4) is 0 Å². The summed E-state index contributed by atoms with van der Waals surface area (Å²) in [6, 6.07) is 29.1. The lowest BCUT2D eigenvalue weighted by atomic mass is 9.82. The number of hydrogen-bond donors (Lipinski definition) is 0. The van der Waals surface area contributed by atoms with Crippen molar-refractivity contribution in [3.05, 3.63) is 108 Å². The zero-order valence-corrected chi connectivity index (χ0v) is 25.5. The Morgan fingerprint density at radius 1 is 0.548 bits per heavy atom. The molecule has 6 heteroatoms. The summed E-state index contributed by atoms with van der Waals surface area (Å²) >= 11 is 0. The fourth-order valence-electron chi connectivity index (χ4n) is 5.59. The van der Waals surface area contributed by atoms with Crippen molar-refractivity contribution in [3.63, 3.8) is 0 Å². The van der Waals surface area contributed by atoms with Crippen molar-refractivity contribution in [1.82, 2.24) is 0 Å². The molecule has 5 rings (SSSR count). The van der Waals surface area contributed by atoms with E-state index in [0.717, 1.165) is 44.2 Å². The van der Waals surface area contributed by atoms with Crippen LogP contribution in [0.1, 0.15) is 58.2 Å². The van der Waals surface area contributed by atoms with Crippen LogP contribution in [0.25, 0.3) is 43.8 Å². The van der Waals surface area contributed by atoms with Crippen molar-refractivity contribution in [2.24, 2.45) is 0 Å². The minimum atomic E-state index is -5.42. The quantitative estimate of drug-likeness (QED) is 0.196. The minimum absolute atomic E-state index is 0.0507. The summed E-state index contributed by atoms with van der Waals surface area (Å²) in [4.78, 5) is 0. The summed E-state index contributed by atoms with van der Waals surface area (Å²) in [5.41, 5.74) is 0.229. The van der Waals surface area contributed by atoms with E-state index in [2.05, 4.69) is 53.7 Å². The Morgan fingerprint density at radius 2 is 0.976 bits per heavy atom. The molecule has 0 unspecified atom stereocenters. The SMILES string of the molecule is CC(C)(C)c1ccc(-c2c3ccccc3c(-c3ccc(C(C)(C)C)cc3)c3c(CS(=O)(=O)C(F)(F)F)cccc23)cc1. The molecule has 0 amide bonds. The summed E-state index contributed by atoms with van der Waals surface area (Å²) in [6.45, 7) is 12.8. The molecular weight excluding hydrogens is 553 g/mol. The molecule has 0 atom stereocenters. The molecule has 0 bridgehead atoms. The van der Waals surface area contributed by atoms with Crippen molar-refractivity contribution in [3.8, 4) is 22.3 Å². The number of sulfone groups is 1. The molecule has 0 spiro atoms. The standard InChI is InChI=1S/C36H35F3O2S/c1-34(2,3)26-18-14-23(15-19-26)31-28-11-7-8-12-29(28)32(24-16-20-27(21-17-24)35(4,5)6)33-25(10-9-13-30(31)33)22-42(40,41)36(37,38)39/h7-21H,22H2,1-6H3. The largest absolute Gasteiger partial charge is 0.497 e. The molecule has 0 saturated carbocycles. The third-order valence-corrected chi connectivity index (χ3v) is 9.31. The van der Waals surface area contributed by atoms with E-state index in [4.69, 9.17) is 0 Å². The fourth-order valence-corrected chi connectivity index (χ4v) is 6.41. The normalized spacial score (nSPS) is 13.2. The van der Waals surface area contributed by atoms with Gasteiger partial charge < -0.3 is 0 Å². The predicted molar refractivity (Wildman–Crippen MR) is 168 cm³/mol. The van der Waals surface area contributed by atoms with Crippen LogP contribution in [0, 0.1) is 0 Å². The van der Waals surface area contributed by atoms with Gasteiger partial charge in [-0.1, -0.05) is 133 Å². The maximum atomic E-state index is 13.6. The maximum Gasteiger partial charge on any atom is 0.497 e. The van der Waals surface area contributed by atoms with Crippen LogP contribution in [0.4, 0.5) is 13.2 Å². The Morgan fingerprint density at radius 3 is 1.43 bits per heavy atom. The second-order valence-electron chi connectivity index (χ2n) is 13.0. The molecule has 0 aliphatic heterocycles. The van der Waals surface area contributed by atoms with Gasteiger partial charge in [0, 0.05) is 0 Å². The lowest BCUT2D eigenvalue weighted by molar-refractivity contribution is -0.0437. The first-order valence-electron chi connectivity index (χ1n) is 14.0. The van der Waals surface area contributed by atoms with Gasteiger partial charge in [0.2, 0.25) is 0 Å². The summed E-state index contributed by atoms with van der Waals surface area (Å²) in [6.07, 6.45) is 0. The van der Waals surface area contributed by atoms with E-state index >= 15 is 0 Å².